The van der Waals surface area contributed by atoms with Gasteiger partial charge in [-0.3, -0.25) is 14.7 Å². The summed E-state index contributed by atoms with van der Waals surface area (Å²) in [6, 6.07) is 15.6. The molecule has 0 N–H and O–H groups in total. The van der Waals surface area contributed by atoms with Gasteiger partial charge in [0.2, 0.25) is 0 Å². The van der Waals surface area contributed by atoms with Crippen molar-refractivity contribution in [3.63, 3.8) is 0 Å². The van der Waals surface area contributed by atoms with Crippen LogP contribution in [0.15, 0.2) is 65.8 Å². The van der Waals surface area contributed by atoms with Crippen molar-refractivity contribution in [3.05, 3.63) is 77.6 Å². The zero-order valence-electron chi connectivity index (χ0n) is 18.5. The monoisotopic (exact) mass is 463 g/mol. The van der Waals surface area contributed by atoms with Gasteiger partial charge in [0.15, 0.2) is 5.13 Å². The maximum Gasteiger partial charge on any atom is 0.260 e. The van der Waals surface area contributed by atoms with E-state index < -0.39 is 0 Å². The minimum atomic E-state index is -0.0920. The molecule has 2 aromatic heterocycles. The van der Waals surface area contributed by atoms with E-state index in [1.54, 1.807) is 36.2 Å². The Kier molecular flexibility index (Phi) is 6.77. The van der Waals surface area contributed by atoms with Gasteiger partial charge < -0.3 is 4.74 Å². The van der Waals surface area contributed by atoms with E-state index in [9.17, 15) is 4.79 Å². The van der Waals surface area contributed by atoms with E-state index in [0.29, 0.717) is 28.2 Å². The first-order chi connectivity index (χ1) is 15.5. The molecule has 1 amide bonds. The summed E-state index contributed by atoms with van der Waals surface area (Å²) in [5.41, 5.74) is 3.45. The number of aryl methyl sites for hydroxylation is 1. The van der Waals surface area contributed by atoms with Gasteiger partial charge in [-0.2, -0.15) is 0 Å². The second kappa shape index (κ2) is 9.71. The number of thiazole rings is 1. The number of thioether (sulfide) groups is 1. The number of ether oxygens (including phenoxy) is 1. The molecule has 0 unspecified atom stereocenters. The van der Waals surface area contributed by atoms with Crippen molar-refractivity contribution in [3.8, 4) is 5.75 Å². The number of pyridine rings is 1. The zero-order chi connectivity index (χ0) is 22.7. The van der Waals surface area contributed by atoms with Crippen LogP contribution in [-0.4, -0.2) is 28.2 Å². The van der Waals surface area contributed by atoms with Gasteiger partial charge in [-0.1, -0.05) is 37.3 Å². The summed E-state index contributed by atoms with van der Waals surface area (Å²) in [4.78, 5) is 25.5. The Morgan fingerprint density at radius 1 is 1.16 bits per heavy atom. The number of hydrogen-bond donors (Lipinski definition) is 0. The third-order valence-corrected chi connectivity index (χ3v) is 7.15. The molecule has 4 rings (SSSR count). The number of benzene rings is 2. The molecule has 0 atom stereocenters. The Morgan fingerprint density at radius 2 is 1.94 bits per heavy atom. The molecule has 0 saturated heterocycles. The minimum absolute atomic E-state index is 0.0920. The van der Waals surface area contributed by atoms with Crippen molar-refractivity contribution in [1.29, 1.82) is 0 Å². The van der Waals surface area contributed by atoms with Gasteiger partial charge in [0, 0.05) is 28.1 Å². The molecule has 5 nitrogen and oxygen atoms in total. The van der Waals surface area contributed by atoms with E-state index in [0.717, 1.165) is 26.2 Å². The van der Waals surface area contributed by atoms with Crippen LogP contribution in [0.3, 0.4) is 0 Å². The van der Waals surface area contributed by atoms with Crippen LogP contribution in [0.2, 0.25) is 0 Å². The number of aromatic nitrogens is 2. The van der Waals surface area contributed by atoms with E-state index in [2.05, 4.69) is 18.8 Å². The summed E-state index contributed by atoms with van der Waals surface area (Å²) >= 11 is 3.28. The fraction of sp³-hybridized carbons (Fsp3) is 0.240. The van der Waals surface area contributed by atoms with Gasteiger partial charge in [-0.25, -0.2) is 4.98 Å². The van der Waals surface area contributed by atoms with Gasteiger partial charge in [0.25, 0.3) is 5.91 Å². The van der Waals surface area contributed by atoms with E-state index in [1.807, 2.05) is 55.5 Å². The van der Waals surface area contributed by atoms with Crippen LogP contribution in [0.25, 0.3) is 10.2 Å². The van der Waals surface area contributed by atoms with Crippen LogP contribution in [0, 0.1) is 6.92 Å². The fourth-order valence-corrected chi connectivity index (χ4v) is 5.27. The van der Waals surface area contributed by atoms with Crippen molar-refractivity contribution < 1.29 is 9.53 Å². The maximum absolute atomic E-state index is 13.6. The zero-order valence-corrected chi connectivity index (χ0v) is 20.2. The van der Waals surface area contributed by atoms with E-state index in [1.165, 1.54) is 11.3 Å². The molecular formula is C25H25N3O2S2. The first kappa shape index (κ1) is 22.3. The highest BCUT2D eigenvalue weighted by Gasteiger charge is 2.23. The quantitative estimate of drug-likeness (QED) is 0.299. The Labute approximate surface area is 196 Å². The lowest BCUT2D eigenvalue weighted by Gasteiger charge is -2.20. The van der Waals surface area contributed by atoms with Gasteiger partial charge in [-0.05, 0) is 54.4 Å². The van der Waals surface area contributed by atoms with Crippen LogP contribution in [0.4, 0.5) is 5.13 Å². The number of carbonyl (C=O) groups is 1. The average Bonchev–Trinajstić information content (AvgIpc) is 3.24. The fourth-order valence-electron chi connectivity index (χ4n) is 3.38. The van der Waals surface area contributed by atoms with Gasteiger partial charge in [-0.15, -0.1) is 11.8 Å². The number of rotatable bonds is 7. The van der Waals surface area contributed by atoms with Crippen LogP contribution < -0.4 is 9.64 Å². The summed E-state index contributed by atoms with van der Waals surface area (Å²) in [6.45, 7) is 6.74. The maximum atomic E-state index is 13.6. The second-order valence-electron chi connectivity index (χ2n) is 7.70. The number of anilines is 1. The van der Waals surface area contributed by atoms with Crippen molar-refractivity contribution in [1.82, 2.24) is 9.97 Å². The molecule has 0 bridgehead atoms. The third-order valence-electron chi connectivity index (χ3n) is 4.92. The number of fused-ring (bicyclic) bond motifs is 1. The lowest BCUT2D eigenvalue weighted by Crippen LogP contribution is -2.30. The standard InChI is InChI=1S/C25H25N3O2S2/c1-16(2)31-20-10-8-19(9-11-20)24(29)28(15-18-6-5-13-26-14-18)25-27-22-21(30-4)12-7-17(3)23(22)32-25/h5-14,16H,15H2,1-4H3. The molecule has 7 heteroatoms. The SMILES string of the molecule is COc1ccc(C)c2sc(N(Cc3cccnc3)C(=O)c3ccc(SC(C)C)cc3)nc12. The highest BCUT2D eigenvalue weighted by Crippen LogP contribution is 2.37. The molecule has 0 radical (unpaired) electrons. The Balaban J connectivity index is 1.74. The van der Waals surface area contributed by atoms with E-state index >= 15 is 0 Å². The number of carbonyl (C=O) groups excluding carboxylic acids is 1. The first-order valence-corrected chi connectivity index (χ1v) is 12.1. The number of nitrogens with zero attached hydrogens (tertiary/aromatic N) is 3. The molecule has 2 heterocycles. The topological polar surface area (TPSA) is 55.3 Å². The van der Waals surface area contributed by atoms with Gasteiger partial charge >= 0.3 is 0 Å². The molecule has 0 aliphatic heterocycles. The van der Waals surface area contributed by atoms with Crippen molar-refractivity contribution in [2.45, 2.75) is 37.5 Å². The Morgan fingerprint density at radius 3 is 2.59 bits per heavy atom. The van der Waals surface area contributed by atoms with E-state index in [4.69, 9.17) is 9.72 Å². The molecule has 2 aromatic carbocycles. The number of methoxy groups -OCH3 is 1. The lowest BCUT2D eigenvalue weighted by atomic mass is 10.2. The first-order valence-electron chi connectivity index (χ1n) is 10.4. The molecule has 0 spiro atoms. The van der Waals surface area contributed by atoms with Crippen molar-refractivity contribution in [2.24, 2.45) is 0 Å². The van der Waals surface area contributed by atoms with Crippen molar-refractivity contribution in [2.75, 3.05) is 12.0 Å². The molecule has 4 aromatic rings. The summed E-state index contributed by atoms with van der Waals surface area (Å²) in [5, 5.41) is 1.13. The average molecular weight is 464 g/mol. The Bertz CT molecular complexity index is 1220. The predicted octanol–water partition coefficient (Wildman–Crippen LogP) is 6.36. The lowest BCUT2D eigenvalue weighted by molar-refractivity contribution is 0.0985. The van der Waals surface area contributed by atoms with Crippen LogP contribution in [-0.2, 0) is 6.54 Å². The minimum Gasteiger partial charge on any atom is -0.494 e. The molecule has 32 heavy (non-hydrogen) atoms. The predicted molar refractivity (Wildman–Crippen MR) is 133 cm³/mol. The highest BCUT2D eigenvalue weighted by atomic mass is 32.2. The van der Waals surface area contributed by atoms with Crippen molar-refractivity contribution >= 4 is 44.4 Å². The molecule has 0 saturated carbocycles. The molecule has 164 valence electrons. The van der Waals surface area contributed by atoms with E-state index in [-0.39, 0.29) is 5.91 Å². The molecule has 0 aliphatic rings. The normalized spacial score (nSPS) is 11.2. The third kappa shape index (κ3) is 4.79. The summed E-state index contributed by atoms with van der Waals surface area (Å²) in [5.74, 6) is 0.613. The Hall–Kier alpha value is -2.90. The molecular weight excluding hydrogens is 438 g/mol. The second-order valence-corrected chi connectivity index (χ2v) is 10.3. The smallest absolute Gasteiger partial charge is 0.260 e. The molecule has 0 fully saturated rings. The van der Waals surface area contributed by atoms with Gasteiger partial charge in [0.1, 0.15) is 11.3 Å². The number of amides is 1. The molecule has 0 aliphatic carbocycles. The van der Waals surface area contributed by atoms with Crippen LogP contribution in [0.5, 0.6) is 5.75 Å². The number of hydrogen-bond acceptors (Lipinski definition) is 6. The summed E-state index contributed by atoms with van der Waals surface area (Å²) in [7, 11) is 1.64. The summed E-state index contributed by atoms with van der Waals surface area (Å²) in [6.07, 6.45) is 3.51. The van der Waals surface area contributed by atoms with Crippen LogP contribution in [0.1, 0.15) is 35.3 Å². The highest BCUT2D eigenvalue weighted by molar-refractivity contribution is 7.99. The van der Waals surface area contributed by atoms with Crippen LogP contribution >= 0.6 is 23.1 Å². The largest absolute Gasteiger partial charge is 0.494 e. The summed E-state index contributed by atoms with van der Waals surface area (Å²) < 4.78 is 6.53. The van der Waals surface area contributed by atoms with Gasteiger partial charge in [0.05, 0.1) is 18.4 Å².